The maximum absolute atomic E-state index is 12.8. The van der Waals surface area contributed by atoms with Crippen LogP contribution in [-0.2, 0) is 11.2 Å². The molecule has 1 aromatic carbocycles. The standard InChI is InChI=1S/C24H38N4OS.HI/c1-4-25-24(26-10-9-20-16-18(2)15-19(3)17-20)27-22-7-5-21(6-8-22)23(29)28-11-13-30-14-12-28;/h15-17,21-22H,4-14H2,1-3H3,(H2,25,26,27);1H. The summed E-state index contributed by atoms with van der Waals surface area (Å²) in [7, 11) is 0. The molecule has 174 valence electrons. The Morgan fingerprint density at radius 1 is 1.10 bits per heavy atom. The van der Waals surface area contributed by atoms with Gasteiger partial charge in [-0.25, -0.2) is 0 Å². The van der Waals surface area contributed by atoms with Gasteiger partial charge in [-0.05, 0) is 58.4 Å². The lowest BCUT2D eigenvalue weighted by atomic mass is 9.85. The van der Waals surface area contributed by atoms with Crippen LogP contribution in [-0.4, -0.2) is 60.5 Å². The molecule has 1 amide bonds. The number of amides is 1. The van der Waals surface area contributed by atoms with Crippen molar-refractivity contribution < 1.29 is 4.79 Å². The summed E-state index contributed by atoms with van der Waals surface area (Å²) < 4.78 is 0. The molecule has 1 saturated heterocycles. The summed E-state index contributed by atoms with van der Waals surface area (Å²) in [4.78, 5) is 19.7. The molecular formula is C24H39IN4OS. The van der Waals surface area contributed by atoms with Crippen molar-refractivity contribution in [2.45, 2.75) is 58.9 Å². The van der Waals surface area contributed by atoms with Crippen molar-refractivity contribution in [2.75, 3.05) is 37.7 Å². The van der Waals surface area contributed by atoms with E-state index < -0.39 is 0 Å². The van der Waals surface area contributed by atoms with Crippen LogP contribution in [0, 0.1) is 19.8 Å². The van der Waals surface area contributed by atoms with Gasteiger partial charge in [-0.15, -0.1) is 24.0 Å². The van der Waals surface area contributed by atoms with E-state index >= 15 is 0 Å². The van der Waals surface area contributed by atoms with Crippen LogP contribution in [0.5, 0.6) is 0 Å². The average molecular weight is 559 g/mol. The van der Waals surface area contributed by atoms with E-state index in [0.29, 0.717) is 11.9 Å². The van der Waals surface area contributed by atoms with Gasteiger partial charge < -0.3 is 15.5 Å². The van der Waals surface area contributed by atoms with Crippen LogP contribution in [0.1, 0.15) is 49.3 Å². The lowest BCUT2D eigenvalue weighted by molar-refractivity contribution is -0.136. The number of thioether (sulfide) groups is 1. The molecule has 0 unspecified atom stereocenters. The zero-order valence-corrected chi connectivity index (χ0v) is 22.4. The molecule has 0 atom stereocenters. The fourth-order valence-electron chi connectivity index (χ4n) is 4.55. The number of nitrogens with one attached hydrogen (secondary N) is 2. The number of benzene rings is 1. The van der Waals surface area contributed by atoms with Crippen LogP contribution in [0.25, 0.3) is 0 Å². The number of nitrogens with zero attached hydrogens (tertiary/aromatic N) is 2. The molecule has 1 heterocycles. The van der Waals surface area contributed by atoms with Crippen molar-refractivity contribution in [1.29, 1.82) is 0 Å². The van der Waals surface area contributed by atoms with E-state index in [1.54, 1.807) is 0 Å². The first-order chi connectivity index (χ1) is 14.5. The third-order valence-corrected chi connectivity index (χ3v) is 6.98. The highest BCUT2D eigenvalue weighted by atomic mass is 127. The van der Waals surface area contributed by atoms with Crippen LogP contribution in [0.15, 0.2) is 23.2 Å². The molecule has 1 aliphatic carbocycles. The highest BCUT2D eigenvalue weighted by Crippen LogP contribution is 2.27. The Morgan fingerprint density at radius 2 is 1.74 bits per heavy atom. The topological polar surface area (TPSA) is 56.7 Å². The van der Waals surface area contributed by atoms with Crippen molar-refractivity contribution in [2.24, 2.45) is 10.9 Å². The molecule has 0 bridgehead atoms. The van der Waals surface area contributed by atoms with E-state index in [2.05, 4.69) is 54.5 Å². The number of aryl methyl sites for hydroxylation is 2. The zero-order chi connectivity index (χ0) is 21.3. The van der Waals surface area contributed by atoms with Crippen molar-refractivity contribution in [3.8, 4) is 0 Å². The van der Waals surface area contributed by atoms with Crippen LogP contribution in [0.4, 0.5) is 0 Å². The van der Waals surface area contributed by atoms with Gasteiger partial charge in [0.2, 0.25) is 5.91 Å². The lowest BCUT2D eigenvalue weighted by Gasteiger charge is -2.34. The zero-order valence-electron chi connectivity index (χ0n) is 19.3. The molecule has 2 aliphatic rings. The van der Waals surface area contributed by atoms with E-state index in [-0.39, 0.29) is 29.9 Å². The maximum Gasteiger partial charge on any atom is 0.225 e. The highest BCUT2D eigenvalue weighted by molar-refractivity contribution is 14.0. The molecule has 1 aliphatic heterocycles. The van der Waals surface area contributed by atoms with Gasteiger partial charge in [0.15, 0.2) is 5.96 Å². The summed E-state index contributed by atoms with van der Waals surface area (Å²) in [6.45, 7) is 9.90. The molecule has 31 heavy (non-hydrogen) atoms. The molecule has 1 saturated carbocycles. The number of aliphatic imine (C=N–C) groups is 1. The molecule has 0 radical (unpaired) electrons. The molecule has 0 aromatic heterocycles. The normalized spacial score (nSPS) is 21.9. The molecule has 1 aromatic rings. The van der Waals surface area contributed by atoms with Crippen molar-refractivity contribution in [3.05, 3.63) is 34.9 Å². The van der Waals surface area contributed by atoms with E-state index in [0.717, 1.165) is 75.7 Å². The van der Waals surface area contributed by atoms with E-state index in [9.17, 15) is 4.79 Å². The van der Waals surface area contributed by atoms with Crippen LogP contribution in [0.3, 0.4) is 0 Å². The number of halogens is 1. The van der Waals surface area contributed by atoms with E-state index in [1.165, 1.54) is 16.7 Å². The summed E-state index contributed by atoms with van der Waals surface area (Å²) in [6, 6.07) is 7.12. The Bertz CT molecular complexity index is 708. The Morgan fingerprint density at radius 3 is 2.35 bits per heavy atom. The third kappa shape index (κ3) is 8.48. The number of hydrogen-bond donors (Lipinski definition) is 2. The van der Waals surface area contributed by atoms with Gasteiger partial charge in [0.05, 0.1) is 0 Å². The van der Waals surface area contributed by atoms with E-state index in [4.69, 9.17) is 4.99 Å². The SMILES string of the molecule is CCNC(=NCCc1cc(C)cc(C)c1)NC1CCC(C(=O)N2CCSCC2)CC1.I. The smallest absolute Gasteiger partial charge is 0.225 e. The second-order valence-corrected chi connectivity index (χ2v) is 9.86. The summed E-state index contributed by atoms with van der Waals surface area (Å²) in [5.41, 5.74) is 3.98. The van der Waals surface area contributed by atoms with Crippen molar-refractivity contribution >= 4 is 47.6 Å². The first-order valence-electron chi connectivity index (χ1n) is 11.5. The minimum atomic E-state index is 0. The molecule has 7 heteroatoms. The Balaban J connectivity index is 0.00000341. The van der Waals surface area contributed by atoms with Gasteiger partial charge in [-0.2, -0.15) is 11.8 Å². The first kappa shape index (κ1) is 26.3. The number of guanidine groups is 1. The summed E-state index contributed by atoms with van der Waals surface area (Å²) in [5, 5.41) is 7.00. The Kier molecular flexibility index (Phi) is 11.5. The van der Waals surface area contributed by atoms with Gasteiger partial charge in [-0.3, -0.25) is 9.79 Å². The molecule has 5 nitrogen and oxygen atoms in total. The van der Waals surface area contributed by atoms with Gasteiger partial charge in [0.1, 0.15) is 0 Å². The number of rotatable bonds is 6. The van der Waals surface area contributed by atoms with Crippen molar-refractivity contribution in [3.63, 3.8) is 0 Å². The Labute approximate surface area is 209 Å². The predicted molar refractivity (Wildman–Crippen MR) is 144 cm³/mol. The van der Waals surface area contributed by atoms with Crippen LogP contribution < -0.4 is 10.6 Å². The number of carbonyl (C=O) groups excluding carboxylic acids is 1. The molecule has 3 rings (SSSR count). The van der Waals surface area contributed by atoms with Gasteiger partial charge >= 0.3 is 0 Å². The maximum atomic E-state index is 12.8. The largest absolute Gasteiger partial charge is 0.357 e. The van der Waals surface area contributed by atoms with Gasteiger partial charge in [-0.1, -0.05) is 29.3 Å². The molecule has 2 N–H and O–H groups in total. The lowest BCUT2D eigenvalue weighted by Crippen LogP contribution is -2.47. The van der Waals surface area contributed by atoms with Crippen LogP contribution >= 0.6 is 35.7 Å². The summed E-state index contributed by atoms with van der Waals surface area (Å²) >= 11 is 1.96. The summed E-state index contributed by atoms with van der Waals surface area (Å²) in [6.07, 6.45) is 5.01. The van der Waals surface area contributed by atoms with Gasteiger partial charge in [0.25, 0.3) is 0 Å². The Hall–Kier alpha value is -0.960. The second-order valence-electron chi connectivity index (χ2n) is 8.64. The van der Waals surface area contributed by atoms with Crippen molar-refractivity contribution in [1.82, 2.24) is 15.5 Å². The average Bonchev–Trinajstić information content (AvgIpc) is 2.74. The second kappa shape index (κ2) is 13.6. The fraction of sp³-hybridized carbons (Fsp3) is 0.667. The predicted octanol–water partition coefficient (Wildman–Crippen LogP) is 4.15. The summed E-state index contributed by atoms with van der Waals surface area (Å²) in [5.74, 6) is 3.70. The third-order valence-electron chi connectivity index (χ3n) is 6.04. The quantitative estimate of drug-likeness (QED) is 0.313. The monoisotopic (exact) mass is 558 g/mol. The fourth-order valence-corrected chi connectivity index (χ4v) is 5.45. The van der Waals surface area contributed by atoms with E-state index in [1.807, 2.05) is 11.8 Å². The first-order valence-corrected chi connectivity index (χ1v) is 12.7. The molecule has 2 fully saturated rings. The van der Waals surface area contributed by atoms with Gasteiger partial charge in [0, 0.05) is 49.6 Å². The number of hydrogen-bond acceptors (Lipinski definition) is 3. The number of carbonyl (C=O) groups is 1. The molecule has 0 spiro atoms. The minimum Gasteiger partial charge on any atom is -0.357 e. The highest BCUT2D eigenvalue weighted by Gasteiger charge is 2.30. The minimum absolute atomic E-state index is 0. The van der Waals surface area contributed by atoms with Crippen LogP contribution in [0.2, 0.25) is 0 Å². The molecular weight excluding hydrogens is 519 g/mol.